The molecule has 2 N–H and O–H groups in total. The number of hydrogen-bond donors (Lipinski definition) is 2. The second kappa shape index (κ2) is 10.4. The summed E-state index contributed by atoms with van der Waals surface area (Å²) in [6.45, 7) is 0.125. The van der Waals surface area contributed by atoms with Gasteiger partial charge in [-0.25, -0.2) is 0 Å². The van der Waals surface area contributed by atoms with Crippen LogP contribution < -0.4 is 10.6 Å². The van der Waals surface area contributed by atoms with Gasteiger partial charge in [0.15, 0.2) is 0 Å². The lowest BCUT2D eigenvalue weighted by atomic mass is 9.74. The van der Waals surface area contributed by atoms with Crippen molar-refractivity contribution in [2.75, 3.05) is 5.32 Å². The Morgan fingerprint density at radius 3 is 2.44 bits per heavy atom. The lowest BCUT2D eigenvalue weighted by molar-refractivity contribution is -0.142. The summed E-state index contributed by atoms with van der Waals surface area (Å²) in [5.41, 5.74) is -0.119. The first-order chi connectivity index (χ1) is 18.8. The Kier molecular flexibility index (Phi) is 7.12. The van der Waals surface area contributed by atoms with E-state index >= 15 is 0 Å². The van der Waals surface area contributed by atoms with Crippen LogP contribution in [0.5, 0.6) is 0 Å². The largest absolute Gasteiger partial charge is 0.359 e. The molecular formula is C29H28Cl3N3O4. The van der Waals surface area contributed by atoms with Gasteiger partial charge < -0.3 is 20.3 Å². The number of anilines is 1. The Morgan fingerprint density at radius 2 is 1.72 bits per heavy atom. The summed E-state index contributed by atoms with van der Waals surface area (Å²) in [5, 5.41) is 7.29. The van der Waals surface area contributed by atoms with Gasteiger partial charge >= 0.3 is 0 Å². The van der Waals surface area contributed by atoms with Gasteiger partial charge in [0.1, 0.15) is 11.6 Å². The Balaban J connectivity index is 1.34. The molecule has 204 valence electrons. The van der Waals surface area contributed by atoms with E-state index in [1.807, 2.05) is 18.2 Å². The molecule has 1 spiro atoms. The summed E-state index contributed by atoms with van der Waals surface area (Å²) in [6.07, 6.45) is 8.03. The average molecular weight is 589 g/mol. The maximum Gasteiger partial charge on any atom is 0.246 e. The summed E-state index contributed by atoms with van der Waals surface area (Å²) >= 11 is 18.7. The summed E-state index contributed by atoms with van der Waals surface area (Å²) < 4.78 is 6.41. The fraction of sp³-hybridized carbons (Fsp3) is 0.414. The van der Waals surface area contributed by atoms with Crippen molar-refractivity contribution in [3.8, 4) is 0 Å². The van der Waals surface area contributed by atoms with Crippen LogP contribution in [0.3, 0.4) is 0 Å². The van der Waals surface area contributed by atoms with Crippen LogP contribution in [0, 0.1) is 11.8 Å². The topological polar surface area (TPSA) is 87.7 Å². The van der Waals surface area contributed by atoms with Crippen LogP contribution in [0.4, 0.5) is 5.69 Å². The van der Waals surface area contributed by atoms with E-state index in [0.717, 1.165) is 32.1 Å². The van der Waals surface area contributed by atoms with Gasteiger partial charge in [-0.3, -0.25) is 14.4 Å². The highest BCUT2D eigenvalue weighted by Crippen LogP contribution is 2.55. The maximum atomic E-state index is 14.1. The molecule has 3 aliphatic heterocycles. The molecule has 39 heavy (non-hydrogen) atoms. The molecule has 3 amide bonds. The molecule has 3 heterocycles. The molecule has 4 aliphatic rings. The van der Waals surface area contributed by atoms with E-state index < -0.39 is 35.5 Å². The number of benzene rings is 2. The van der Waals surface area contributed by atoms with Gasteiger partial charge in [-0.2, -0.15) is 0 Å². The first-order valence-corrected chi connectivity index (χ1v) is 14.4. The van der Waals surface area contributed by atoms with E-state index in [2.05, 4.69) is 10.6 Å². The number of carbonyl (C=O) groups excluding carboxylic acids is 3. The number of rotatable bonds is 6. The molecule has 2 aromatic carbocycles. The van der Waals surface area contributed by atoms with E-state index in [1.54, 1.807) is 36.4 Å². The highest BCUT2D eigenvalue weighted by Gasteiger charge is 2.72. The van der Waals surface area contributed by atoms with E-state index in [9.17, 15) is 14.4 Å². The van der Waals surface area contributed by atoms with Crippen LogP contribution in [-0.2, 0) is 25.7 Å². The van der Waals surface area contributed by atoms with Crippen molar-refractivity contribution in [3.05, 3.63) is 75.2 Å². The van der Waals surface area contributed by atoms with Gasteiger partial charge in [0.2, 0.25) is 17.7 Å². The molecule has 3 fully saturated rings. The molecule has 0 aromatic heterocycles. The van der Waals surface area contributed by atoms with Gasteiger partial charge in [0.25, 0.3) is 0 Å². The molecule has 2 saturated heterocycles. The molecular weight excluding hydrogens is 561 g/mol. The third-order valence-corrected chi connectivity index (χ3v) is 9.11. The summed E-state index contributed by atoms with van der Waals surface area (Å²) in [5.74, 6) is -2.67. The lowest BCUT2D eigenvalue weighted by Crippen LogP contribution is -2.56. The lowest BCUT2D eigenvalue weighted by Gasteiger charge is -2.34. The number of fused-ring (bicyclic) bond motifs is 1. The standard InChI is InChI=1S/C29H28Cl3N3O4/c30-17-12-18(31)14-20(13-17)34-26(36)23-22-10-11-29(39-22)24(23)28(38)35(15-16-6-4-5-9-21(16)32)25(29)27(37)33-19-7-2-1-3-8-19/h4-6,9-14,19,22-25H,1-3,7-8,15H2,(H,33,37)(H,34,36)/t22-,23?,24-,25?,29?/m0/s1. The van der Waals surface area contributed by atoms with E-state index in [-0.39, 0.29) is 24.4 Å². The predicted octanol–water partition coefficient (Wildman–Crippen LogP) is 5.39. The average Bonchev–Trinajstić information content (AvgIpc) is 3.53. The van der Waals surface area contributed by atoms with Crippen LogP contribution in [0.15, 0.2) is 54.6 Å². The van der Waals surface area contributed by atoms with Crippen molar-refractivity contribution in [1.82, 2.24) is 10.2 Å². The Morgan fingerprint density at radius 1 is 1.00 bits per heavy atom. The molecule has 1 saturated carbocycles. The van der Waals surface area contributed by atoms with Crippen LogP contribution in [0.2, 0.25) is 15.1 Å². The van der Waals surface area contributed by atoms with Gasteiger partial charge in [-0.05, 0) is 42.7 Å². The highest BCUT2D eigenvalue weighted by atomic mass is 35.5. The zero-order valence-corrected chi connectivity index (χ0v) is 23.3. The predicted molar refractivity (Wildman–Crippen MR) is 150 cm³/mol. The van der Waals surface area contributed by atoms with Gasteiger partial charge in [0, 0.05) is 33.3 Å². The fourth-order valence-corrected chi connectivity index (χ4v) is 7.35. The number of amides is 3. The molecule has 1 aliphatic carbocycles. The van der Waals surface area contributed by atoms with E-state index in [4.69, 9.17) is 39.5 Å². The molecule has 2 aromatic rings. The normalized spacial score (nSPS) is 29.5. The van der Waals surface area contributed by atoms with Crippen molar-refractivity contribution in [3.63, 3.8) is 0 Å². The van der Waals surface area contributed by atoms with Crippen LogP contribution in [0.25, 0.3) is 0 Å². The van der Waals surface area contributed by atoms with Crippen molar-refractivity contribution in [2.24, 2.45) is 11.8 Å². The minimum absolute atomic E-state index is 0.0493. The van der Waals surface area contributed by atoms with E-state index in [1.165, 1.54) is 4.90 Å². The second-order valence-corrected chi connectivity index (χ2v) is 12.0. The summed E-state index contributed by atoms with van der Waals surface area (Å²) in [6, 6.07) is 11.1. The Labute approximate surface area is 241 Å². The van der Waals surface area contributed by atoms with Crippen molar-refractivity contribution >= 4 is 58.2 Å². The molecule has 7 nitrogen and oxygen atoms in total. The fourth-order valence-electron chi connectivity index (χ4n) is 6.63. The molecule has 0 radical (unpaired) electrons. The molecule has 3 unspecified atom stereocenters. The first-order valence-electron chi connectivity index (χ1n) is 13.3. The maximum absolute atomic E-state index is 14.1. The third-order valence-electron chi connectivity index (χ3n) is 8.31. The number of nitrogens with one attached hydrogen (secondary N) is 2. The summed E-state index contributed by atoms with van der Waals surface area (Å²) in [4.78, 5) is 43.2. The summed E-state index contributed by atoms with van der Waals surface area (Å²) in [7, 11) is 0. The number of halogens is 3. The zero-order chi connectivity index (χ0) is 27.3. The van der Waals surface area contributed by atoms with Crippen LogP contribution in [-0.4, -0.2) is 46.4 Å². The number of nitrogens with zero attached hydrogens (tertiary/aromatic N) is 1. The van der Waals surface area contributed by atoms with Crippen LogP contribution >= 0.6 is 34.8 Å². The van der Waals surface area contributed by atoms with E-state index in [0.29, 0.717) is 26.3 Å². The zero-order valence-electron chi connectivity index (χ0n) is 21.0. The Hall–Kier alpha value is -2.58. The SMILES string of the molecule is O=C(Nc1cc(Cl)cc(Cl)c1)C1[C@@H]2C=CC3(O2)C(C(=O)NC2CCCCC2)N(Cc2ccccc2Cl)C(=O)[C@H]13. The smallest absolute Gasteiger partial charge is 0.246 e. The quantitative estimate of drug-likeness (QED) is 0.444. The van der Waals surface area contributed by atoms with Gasteiger partial charge in [-0.15, -0.1) is 0 Å². The third kappa shape index (κ3) is 4.73. The van der Waals surface area contributed by atoms with Gasteiger partial charge in [-0.1, -0.05) is 84.4 Å². The number of carbonyl (C=O) groups is 3. The minimum atomic E-state index is -1.25. The van der Waals surface area contributed by atoms with Gasteiger partial charge in [0.05, 0.1) is 17.9 Å². The monoisotopic (exact) mass is 587 g/mol. The number of likely N-dealkylation sites (tertiary alicyclic amines) is 1. The second-order valence-electron chi connectivity index (χ2n) is 10.7. The molecule has 5 atom stereocenters. The number of hydrogen-bond acceptors (Lipinski definition) is 4. The van der Waals surface area contributed by atoms with Crippen molar-refractivity contribution in [2.45, 2.75) is 62.4 Å². The Bertz CT molecular complexity index is 1340. The number of ether oxygens (including phenoxy) is 1. The van der Waals surface area contributed by atoms with Crippen molar-refractivity contribution in [1.29, 1.82) is 0 Å². The van der Waals surface area contributed by atoms with Crippen LogP contribution in [0.1, 0.15) is 37.7 Å². The minimum Gasteiger partial charge on any atom is -0.359 e. The molecule has 2 bridgehead atoms. The molecule has 10 heteroatoms. The highest BCUT2D eigenvalue weighted by molar-refractivity contribution is 6.35. The van der Waals surface area contributed by atoms with Crippen molar-refractivity contribution < 1.29 is 19.1 Å². The first kappa shape index (κ1) is 26.6. The molecule has 6 rings (SSSR count).